The molecule has 0 aliphatic heterocycles. The van der Waals surface area contributed by atoms with Crippen LogP contribution in [0.5, 0.6) is 0 Å². The molecule has 0 spiro atoms. The molecule has 0 bridgehead atoms. The normalized spacial score (nSPS) is 10.9. The number of nitrogens with zero attached hydrogens (tertiary/aromatic N) is 1. The van der Waals surface area contributed by atoms with Gasteiger partial charge in [-0.05, 0) is 124 Å². The van der Waals surface area contributed by atoms with Crippen molar-refractivity contribution in [2.24, 2.45) is 5.73 Å². The van der Waals surface area contributed by atoms with Crippen LogP contribution in [0.1, 0.15) is 33.4 Å². The topological polar surface area (TPSA) is 98.7 Å². The lowest BCUT2D eigenvalue weighted by atomic mass is 10.2. The monoisotopic (exact) mass is 982 g/mol. The van der Waals surface area contributed by atoms with Gasteiger partial charge < -0.3 is 5.73 Å². The lowest BCUT2D eigenvalue weighted by Crippen LogP contribution is -2.04. The summed E-state index contributed by atoms with van der Waals surface area (Å²) >= 11 is 17.4. The van der Waals surface area contributed by atoms with Crippen molar-refractivity contribution in [1.82, 2.24) is 0 Å². The largest absolute Gasteiger partial charge is 0.326 e. The van der Waals surface area contributed by atoms with Crippen LogP contribution in [0.2, 0.25) is 0 Å². The van der Waals surface area contributed by atoms with Gasteiger partial charge in [0.05, 0.1) is 25.2 Å². The van der Waals surface area contributed by atoms with Gasteiger partial charge in [0, 0.05) is 43.9 Å². The molecule has 3 heterocycles. The SMILES string of the molecule is CCc1ccc(SCc2ccc(SC)cc2)s1.CS(=O)(=O)c1ccc(CS(=O)(=O)c2ccc(CN)s2)cc1.CSc1ccc(CS)cc1.[C-]#[N+]c1ccc(Br)s1. The van der Waals surface area contributed by atoms with E-state index in [1.165, 1.54) is 65.6 Å². The number of rotatable bonds is 12. The van der Waals surface area contributed by atoms with E-state index in [9.17, 15) is 16.8 Å². The van der Waals surface area contributed by atoms with Crippen molar-refractivity contribution in [3.8, 4) is 0 Å². The molecular weight excluding hydrogens is 941 g/mol. The van der Waals surface area contributed by atoms with Gasteiger partial charge in [-0.3, -0.25) is 0 Å². The van der Waals surface area contributed by atoms with Gasteiger partial charge in [0.15, 0.2) is 19.7 Å². The number of thioether (sulfide) groups is 3. The molecule has 0 aliphatic rings. The van der Waals surface area contributed by atoms with Gasteiger partial charge in [-0.1, -0.05) is 43.3 Å². The third-order valence-corrected chi connectivity index (χ3v) is 17.8. The predicted molar refractivity (Wildman–Crippen MR) is 253 cm³/mol. The summed E-state index contributed by atoms with van der Waals surface area (Å²) in [5.74, 6) is 1.73. The average Bonchev–Trinajstić information content (AvgIpc) is 3.99. The number of thiol groups is 1. The number of nitrogens with two attached hydrogens (primary N) is 1. The number of aryl methyl sites for hydroxylation is 1. The van der Waals surface area contributed by atoms with Crippen molar-refractivity contribution >= 4 is 123 Å². The van der Waals surface area contributed by atoms with Crippen molar-refractivity contribution in [2.75, 3.05) is 18.8 Å². The van der Waals surface area contributed by atoms with E-state index in [4.69, 9.17) is 12.3 Å². The lowest BCUT2D eigenvalue weighted by molar-refractivity contribution is 0.597. The van der Waals surface area contributed by atoms with E-state index in [0.29, 0.717) is 12.1 Å². The summed E-state index contributed by atoms with van der Waals surface area (Å²) < 4.78 is 50.0. The van der Waals surface area contributed by atoms with Crippen LogP contribution in [-0.2, 0) is 49.9 Å². The minimum Gasteiger partial charge on any atom is -0.326 e. The summed E-state index contributed by atoms with van der Waals surface area (Å²) in [7, 11) is -6.71. The van der Waals surface area contributed by atoms with Crippen LogP contribution in [0.4, 0.5) is 5.00 Å². The van der Waals surface area contributed by atoms with Crippen LogP contribution in [0.25, 0.3) is 4.85 Å². The van der Waals surface area contributed by atoms with E-state index in [-0.39, 0.29) is 14.9 Å². The van der Waals surface area contributed by atoms with E-state index in [0.717, 1.165) is 49.2 Å². The fourth-order valence-electron chi connectivity index (χ4n) is 4.36. The Morgan fingerprint density at radius 2 is 1.30 bits per heavy atom. The Kier molecular flexibility index (Phi) is 21.4. The first-order valence-electron chi connectivity index (χ1n) is 16.7. The molecule has 298 valence electrons. The third kappa shape index (κ3) is 17.1. The van der Waals surface area contributed by atoms with Crippen molar-refractivity contribution in [3.05, 3.63) is 151 Å². The number of hydrogen-bond acceptors (Lipinski definition) is 12. The quantitative estimate of drug-likeness (QED) is 0.0711. The zero-order valence-electron chi connectivity index (χ0n) is 31.2. The van der Waals surface area contributed by atoms with Gasteiger partial charge in [-0.15, -0.1) is 69.3 Å². The second kappa shape index (κ2) is 24.8. The fourth-order valence-corrected chi connectivity index (χ4v) is 11.9. The highest BCUT2D eigenvalue weighted by molar-refractivity contribution is 9.11. The molecule has 2 N–H and O–H groups in total. The Morgan fingerprint density at radius 1 is 0.732 bits per heavy atom. The molecule has 6 rings (SSSR count). The number of benzene rings is 3. The number of halogens is 1. The Hall–Kier alpha value is -2.01. The standard InChI is InChI=1S/C14H16S3.C13H15NO4S3.C8H10S2.C5H2BrNS/c1-3-12-8-9-14(17-12)16-10-11-4-6-13(15-2)7-5-11;1-20(15,16)12-5-2-10(3-6-12)9-21(17,18)13-7-4-11(8-14)19-13;1-10-8-4-2-7(6-9)3-5-8;1-7-5-3-2-4(6)8-5/h4-9H,3,10H2,1-2H3;2-7H,8-9,14H2,1H3;2-5,9H,6H2,1H3;2-3H. The maximum absolute atomic E-state index is 12.3. The van der Waals surface area contributed by atoms with Gasteiger partial charge in [0.25, 0.3) is 0 Å². The van der Waals surface area contributed by atoms with Gasteiger partial charge in [-0.2, -0.15) is 12.6 Å². The van der Waals surface area contributed by atoms with Crippen LogP contribution >= 0.6 is 97.9 Å². The van der Waals surface area contributed by atoms with E-state index in [1.54, 1.807) is 41.7 Å². The molecule has 56 heavy (non-hydrogen) atoms. The van der Waals surface area contributed by atoms with Gasteiger partial charge in [0.2, 0.25) is 5.00 Å². The van der Waals surface area contributed by atoms with Crippen LogP contribution in [-0.4, -0.2) is 35.6 Å². The second-order valence-electron chi connectivity index (χ2n) is 11.5. The summed E-state index contributed by atoms with van der Waals surface area (Å²) in [4.78, 5) is 8.33. The van der Waals surface area contributed by atoms with Crippen LogP contribution in [0.3, 0.4) is 0 Å². The van der Waals surface area contributed by atoms with Crippen LogP contribution in [0.15, 0.2) is 136 Å². The van der Waals surface area contributed by atoms with Crippen molar-refractivity contribution in [1.29, 1.82) is 0 Å². The highest BCUT2D eigenvalue weighted by Crippen LogP contribution is 2.31. The Morgan fingerprint density at radius 3 is 1.73 bits per heavy atom. The second-order valence-corrected chi connectivity index (χ2v) is 23.9. The Bertz CT molecular complexity index is 2310. The lowest BCUT2D eigenvalue weighted by Gasteiger charge is -2.04. The molecule has 0 amide bonds. The van der Waals surface area contributed by atoms with E-state index in [1.807, 2.05) is 29.2 Å². The molecule has 0 unspecified atom stereocenters. The molecular formula is C40H43BrN2O4S9. The third-order valence-electron chi connectivity index (χ3n) is 7.39. The summed E-state index contributed by atoms with van der Waals surface area (Å²) in [6.45, 7) is 9.09. The minimum absolute atomic E-state index is 0.165. The molecule has 3 aromatic heterocycles. The number of hydrogen-bond donors (Lipinski definition) is 2. The molecule has 0 radical (unpaired) electrons. The fraction of sp³-hybridized carbons (Fsp3) is 0.225. The molecule has 16 heteroatoms. The van der Waals surface area contributed by atoms with Gasteiger partial charge in [0.1, 0.15) is 4.21 Å². The zero-order chi connectivity index (χ0) is 41.1. The maximum Gasteiger partial charge on any atom is 0.242 e. The zero-order valence-corrected chi connectivity index (χ0v) is 40.2. The van der Waals surface area contributed by atoms with Gasteiger partial charge in [-0.25, -0.2) is 21.7 Å². The average molecular weight is 984 g/mol. The molecule has 0 aliphatic carbocycles. The molecule has 3 aromatic carbocycles. The molecule has 0 fully saturated rings. The van der Waals surface area contributed by atoms with Crippen molar-refractivity contribution < 1.29 is 16.8 Å². The smallest absolute Gasteiger partial charge is 0.242 e. The summed E-state index contributed by atoms with van der Waals surface area (Å²) in [5.41, 5.74) is 8.70. The first-order chi connectivity index (χ1) is 26.7. The molecule has 0 saturated heterocycles. The predicted octanol–water partition coefficient (Wildman–Crippen LogP) is 12.8. The maximum atomic E-state index is 12.3. The van der Waals surface area contributed by atoms with Crippen LogP contribution < -0.4 is 5.73 Å². The molecule has 6 nitrogen and oxygen atoms in total. The van der Waals surface area contributed by atoms with Crippen molar-refractivity contribution in [3.63, 3.8) is 0 Å². The van der Waals surface area contributed by atoms with E-state index in [2.05, 4.69) is 114 Å². The first-order valence-corrected chi connectivity index (χ1v) is 27.6. The first kappa shape index (κ1) is 48.4. The molecule has 0 saturated carbocycles. The van der Waals surface area contributed by atoms with E-state index < -0.39 is 19.7 Å². The Balaban J connectivity index is 0.000000214. The Labute approximate surface area is 371 Å². The summed E-state index contributed by atoms with van der Waals surface area (Å²) in [5, 5.41) is 0.733. The molecule has 6 aromatic rings. The minimum atomic E-state index is -3.44. The van der Waals surface area contributed by atoms with Crippen molar-refractivity contribution in [2.45, 2.75) is 60.3 Å². The summed E-state index contributed by atoms with van der Waals surface area (Å²) in [6.07, 6.45) is 6.45. The highest BCUT2D eigenvalue weighted by Gasteiger charge is 2.18. The summed E-state index contributed by atoms with van der Waals surface area (Å²) in [6, 6.07) is 34.6. The van der Waals surface area contributed by atoms with Gasteiger partial charge >= 0.3 is 0 Å². The number of sulfone groups is 2. The van der Waals surface area contributed by atoms with E-state index >= 15 is 0 Å². The molecule has 0 atom stereocenters. The number of thiophene rings is 3. The highest BCUT2D eigenvalue weighted by atomic mass is 79.9. The van der Waals surface area contributed by atoms with Crippen LogP contribution in [0, 0.1) is 6.57 Å².